The van der Waals surface area contributed by atoms with Crippen molar-refractivity contribution in [1.82, 2.24) is 19.9 Å². The van der Waals surface area contributed by atoms with Gasteiger partial charge >= 0.3 is 5.97 Å². The van der Waals surface area contributed by atoms with Crippen LogP contribution in [0, 0.1) is 0 Å². The zero-order valence-corrected chi connectivity index (χ0v) is 11.9. The maximum Gasteiger partial charge on any atom is 0.303 e. The largest absolute Gasteiger partial charge is 0.481 e. The monoisotopic (exact) mass is 282 g/mol. The van der Waals surface area contributed by atoms with Gasteiger partial charge in [-0.05, 0) is 26.3 Å². The van der Waals surface area contributed by atoms with E-state index in [1.165, 1.54) is 0 Å². The van der Waals surface area contributed by atoms with Crippen molar-refractivity contribution in [2.45, 2.75) is 38.3 Å². The van der Waals surface area contributed by atoms with Gasteiger partial charge in [0.2, 0.25) is 0 Å². The minimum Gasteiger partial charge on any atom is -0.481 e. The second kappa shape index (κ2) is 7.35. The van der Waals surface area contributed by atoms with E-state index in [0.717, 1.165) is 38.2 Å². The van der Waals surface area contributed by atoms with Crippen LogP contribution >= 0.6 is 0 Å². The van der Waals surface area contributed by atoms with Crippen LogP contribution in [0.1, 0.15) is 25.0 Å². The van der Waals surface area contributed by atoms with E-state index in [4.69, 9.17) is 9.84 Å². The van der Waals surface area contributed by atoms with Crippen LogP contribution in [0.25, 0.3) is 0 Å². The summed E-state index contributed by atoms with van der Waals surface area (Å²) < 4.78 is 7.51. The van der Waals surface area contributed by atoms with Crippen LogP contribution in [-0.4, -0.2) is 63.8 Å². The van der Waals surface area contributed by atoms with E-state index in [9.17, 15) is 4.79 Å². The number of morpholine rings is 1. The van der Waals surface area contributed by atoms with Gasteiger partial charge in [0.1, 0.15) is 0 Å². The molecule has 1 aromatic heterocycles. The minimum absolute atomic E-state index is 0.162. The molecule has 1 saturated heterocycles. The number of rotatable bonds is 7. The van der Waals surface area contributed by atoms with Crippen LogP contribution < -0.4 is 0 Å². The lowest BCUT2D eigenvalue weighted by molar-refractivity contribution is -0.137. The fourth-order valence-corrected chi connectivity index (χ4v) is 2.31. The molecule has 7 heteroatoms. The Morgan fingerprint density at radius 3 is 3.15 bits per heavy atom. The Hall–Kier alpha value is -1.47. The van der Waals surface area contributed by atoms with Crippen molar-refractivity contribution in [3.63, 3.8) is 0 Å². The first-order valence-electron chi connectivity index (χ1n) is 7.04. The zero-order valence-electron chi connectivity index (χ0n) is 11.9. The van der Waals surface area contributed by atoms with E-state index < -0.39 is 5.97 Å². The third kappa shape index (κ3) is 4.90. The maximum absolute atomic E-state index is 10.4. The van der Waals surface area contributed by atoms with Crippen LogP contribution in [0.4, 0.5) is 0 Å². The van der Waals surface area contributed by atoms with E-state index in [-0.39, 0.29) is 12.5 Å². The van der Waals surface area contributed by atoms with Crippen molar-refractivity contribution in [1.29, 1.82) is 0 Å². The topological polar surface area (TPSA) is 80.5 Å². The smallest absolute Gasteiger partial charge is 0.303 e. The summed E-state index contributed by atoms with van der Waals surface area (Å²) in [6, 6.07) is 0. The Morgan fingerprint density at radius 1 is 1.55 bits per heavy atom. The molecule has 1 aliphatic heterocycles. The van der Waals surface area contributed by atoms with Gasteiger partial charge in [-0.25, -0.2) is 4.68 Å². The van der Waals surface area contributed by atoms with Crippen LogP contribution in [0.2, 0.25) is 0 Å². The number of hydrogen-bond acceptors (Lipinski definition) is 5. The van der Waals surface area contributed by atoms with Crippen molar-refractivity contribution in [2.24, 2.45) is 0 Å². The first-order chi connectivity index (χ1) is 9.63. The molecule has 1 aliphatic rings. The molecule has 2 rings (SSSR count). The number of hydrogen-bond donors (Lipinski definition) is 1. The van der Waals surface area contributed by atoms with Gasteiger partial charge in [0.25, 0.3) is 0 Å². The van der Waals surface area contributed by atoms with E-state index in [0.29, 0.717) is 13.0 Å². The number of nitrogens with zero attached hydrogens (tertiary/aromatic N) is 4. The molecule has 1 aromatic rings. The molecule has 1 atom stereocenters. The first kappa shape index (κ1) is 14.9. The minimum atomic E-state index is -0.743. The van der Waals surface area contributed by atoms with E-state index in [1.54, 1.807) is 0 Å². The number of unbranched alkanes of at least 4 members (excludes halogenated alkanes) is 1. The molecule has 0 bridgehead atoms. The van der Waals surface area contributed by atoms with E-state index in [1.807, 2.05) is 10.9 Å². The third-order valence-corrected chi connectivity index (χ3v) is 3.39. The van der Waals surface area contributed by atoms with Gasteiger partial charge in [0.15, 0.2) is 0 Å². The summed E-state index contributed by atoms with van der Waals surface area (Å²) in [6.45, 7) is 3.36. The highest BCUT2D eigenvalue weighted by atomic mass is 16.5. The molecule has 0 aliphatic carbocycles. The lowest BCUT2D eigenvalue weighted by Gasteiger charge is -2.29. The number of ether oxygens (including phenoxy) is 1. The molecule has 0 radical (unpaired) electrons. The molecular weight excluding hydrogens is 260 g/mol. The number of aryl methyl sites for hydroxylation is 1. The summed E-state index contributed by atoms with van der Waals surface area (Å²) >= 11 is 0. The number of carbonyl (C=O) groups is 1. The Bertz CT molecular complexity index is 435. The van der Waals surface area contributed by atoms with E-state index >= 15 is 0 Å². The van der Waals surface area contributed by atoms with Gasteiger partial charge in [0.05, 0.1) is 24.9 Å². The van der Waals surface area contributed by atoms with Gasteiger partial charge in [-0.3, -0.25) is 4.79 Å². The average molecular weight is 282 g/mol. The van der Waals surface area contributed by atoms with Crippen molar-refractivity contribution in [2.75, 3.05) is 26.7 Å². The summed E-state index contributed by atoms with van der Waals surface area (Å²) in [5.41, 5.74) is 0.916. The third-order valence-electron chi connectivity index (χ3n) is 3.39. The molecule has 112 valence electrons. The molecule has 1 N–H and O–H groups in total. The predicted octanol–water partition coefficient (Wildman–Crippen LogP) is 0.406. The quantitative estimate of drug-likeness (QED) is 0.729. The number of carboxylic acid groups (broad SMARTS) is 1. The highest BCUT2D eigenvalue weighted by Gasteiger charge is 2.18. The first-order valence-corrected chi connectivity index (χ1v) is 7.04. The predicted molar refractivity (Wildman–Crippen MR) is 72.4 cm³/mol. The molecule has 20 heavy (non-hydrogen) atoms. The zero-order chi connectivity index (χ0) is 14.4. The Kier molecular flexibility index (Phi) is 5.49. The molecule has 1 fully saturated rings. The molecule has 2 heterocycles. The second-order valence-corrected chi connectivity index (χ2v) is 5.29. The van der Waals surface area contributed by atoms with Gasteiger partial charge in [-0.15, -0.1) is 5.10 Å². The highest BCUT2D eigenvalue weighted by Crippen LogP contribution is 2.07. The van der Waals surface area contributed by atoms with Gasteiger partial charge < -0.3 is 14.7 Å². The summed E-state index contributed by atoms with van der Waals surface area (Å²) in [7, 11) is 2.09. The van der Waals surface area contributed by atoms with Crippen LogP contribution in [0.15, 0.2) is 6.20 Å². The van der Waals surface area contributed by atoms with Gasteiger partial charge in [0, 0.05) is 25.7 Å². The highest BCUT2D eigenvalue weighted by molar-refractivity contribution is 5.66. The number of aromatic nitrogens is 3. The Balaban J connectivity index is 1.72. The molecule has 0 saturated carbocycles. The SMILES string of the molecule is CN1CCOC(Cn2cc(CCCCC(=O)O)nn2)C1. The average Bonchev–Trinajstić information content (AvgIpc) is 2.82. The van der Waals surface area contributed by atoms with E-state index in [2.05, 4.69) is 22.3 Å². The molecule has 1 unspecified atom stereocenters. The standard InChI is InChI=1S/C13H22N4O3/c1-16-6-7-20-12(9-16)10-17-8-11(14-15-17)4-2-3-5-13(18)19/h8,12H,2-7,9-10H2,1H3,(H,18,19). The fourth-order valence-electron chi connectivity index (χ4n) is 2.31. The summed E-state index contributed by atoms with van der Waals surface area (Å²) in [5, 5.41) is 16.8. The van der Waals surface area contributed by atoms with Crippen LogP contribution in [-0.2, 0) is 22.5 Å². The summed E-state index contributed by atoms with van der Waals surface area (Å²) in [4.78, 5) is 12.7. The molecule has 7 nitrogen and oxygen atoms in total. The van der Waals surface area contributed by atoms with Crippen LogP contribution in [0.3, 0.4) is 0 Å². The lowest BCUT2D eigenvalue weighted by atomic mass is 10.1. The van der Waals surface area contributed by atoms with Gasteiger partial charge in [-0.1, -0.05) is 5.21 Å². The number of likely N-dealkylation sites (N-methyl/N-ethyl adjacent to an activating group) is 1. The molecule has 0 spiro atoms. The Morgan fingerprint density at radius 2 is 2.40 bits per heavy atom. The maximum atomic E-state index is 10.4. The fraction of sp³-hybridized carbons (Fsp3) is 0.769. The van der Waals surface area contributed by atoms with Crippen molar-refractivity contribution in [3.05, 3.63) is 11.9 Å². The normalized spacial score (nSPS) is 20.1. The Labute approximate surface area is 118 Å². The van der Waals surface area contributed by atoms with Crippen LogP contribution in [0.5, 0.6) is 0 Å². The number of aliphatic carboxylic acids is 1. The van der Waals surface area contributed by atoms with Crippen molar-refractivity contribution < 1.29 is 14.6 Å². The summed E-state index contributed by atoms with van der Waals surface area (Å²) in [6.07, 6.45) is 4.59. The number of carboxylic acids is 1. The lowest BCUT2D eigenvalue weighted by Crippen LogP contribution is -2.42. The molecular formula is C13H22N4O3. The second-order valence-electron chi connectivity index (χ2n) is 5.29. The molecule has 0 aromatic carbocycles. The van der Waals surface area contributed by atoms with Crippen molar-refractivity contribution in [3.8, 4) is 0 Å². The van der Waals surface area contributed by atoms with Crippen molar-refractivity contribution >= 4 is 5.97 Å². The summed E-state index contributed by atoms with van der Waals surface area (Å²) in [5.74, 6) is -0.743. The molecule has 0 amide bonds. The van der Waals surface area contributed by atoms with Gasteiger partial charge in [-0.2, -0.15) is 0 Å².